The molecule has 6 nitrogen and oxygen atoms in total. The monoisotopic (exact) mass is 477 g/mol. The summed E-state index contributed by atoms with van der Waals surface area (Å²) < 4.78 is 0. The van der Waals surface area contributed by atoms with Crippen LogP contribution in [0.3, 0.4) is 0 Å². The number of benzene rings is 1. The summed E-state index contributed by atoms with van der Waals surface area (Å²) in [5.41, 5.74) is 4.28. The molecule has 0 unspecified atom stereocenters. The Morgan fingerprint density at radius 3 is 2.74 bits per heavy atom. The van der Waals surface area contributed by atoms with Crippen molar-refractivity contribution < 1.29 is 30.5 Å². The van der Waals surface area contributed by atoms with Gasteiger partial charge in [-0.25, -0.2) is 0 Å². The standard InChI is InChI=1S/C20H23N5O.HI/c26-13-5-12-25(20-22-10-11-23-20)14-16-15-6-1-2-7-17(15)24-19(16)18-8-3-4-9-21-18;/h1-4,6-9,24,26H,5,10-14H2,(H,22,23);1H. The maximum atomic E-state index is 9.29. The predicted molar refractivity (Wildman–Crippen MR) is 105 cm³/mol. The van der Waals surface area contributed by atoms with E-state index >= 15 is 0 Å². The van der Waals surface area contributed by atoms with Crippen LogP contribution in [-0.2, 0) is 6.54 Å². The lowest BCUT2D eigenvalue weighted by atomic mass is 10.1. The minimum Gasteiger partial charge on any atom is -1.00 e. The Kier molecular flexibility index (Phi) is 6.68. The highest BCUT2D eigenvalue weighted by Crippen LogP contribution is 2.30. The molecule has 142 valence electrons. The molecule has 0 atom stereocenters. The van der Waals surface area contributed by atoms with Gasteiger partial charge in [0.15, 0.2) is 5.96 Å². The Hall–Kier alpha value is -2.13. The molecule has 1 aromatic carbocycles. The molecule has 7 heteroatoms. The normalized spacial score (nSPS) is 13.1. The smallest absolute Gasteiger partial charge is 1.00 e. The molecule has 3 aromatic rings. The number of halogens is 1. The first-order valence-corrected chi connectivity index (χ1v) is 9.02. The predicted octanol–water partition coefficient (Wildman–Crippen LogP) is -0.510. The van der Waals surface area contributed by atoms with Gasteiger partial charge in [-0.05, 0) is 24.6 Å². The molecule has 0 spiro atoms. The van der Waals surface area contributed by atoms with Crippen LogP contribution in [0.15, 0.2) is 53.7 Å². The molecule has 4 rings (SSSR count). The number of nitrogens with one attached hydrogen (secondary N) is 2. The second-order valence-electron chi connectivity index (χ2n) is 6.37. The summed E-state index contributed by atoms with van der Waals surface area (Å²) in [5, 5.41) is 13.8. The van der Waals surface area contributed by atoms with Crippen LogP contribution in [0.1, 0.15) is 13.4 Å². The van der Waals surface area contributed by atoms with Crippen molar-refractivity contribution in [3.8, 4) is 11.4 Å². The fourth-order valence-electron chi connectivity index (χ4n) is 3.40. The number of aliphatic imine (C=N–C) groups is 1. The molecule has 0 saturated heterocycles. The molecule has 0 fully saturated rings. The Morgan fingerprint density at radius 1 is 1.15 bits per heavy atom. The summed E-state index contributed by atoms with van der Waals surface area (Å²) >= 11 is 0. The van der Waals surface area contributed by atoms with E-state index < -0.39 is 0 Å². The number of hydrogen-bond donors (Lipinski definition) is 3. The van der Waals surface area contributed by atoms with Crippen LogP contribution in [0.25, 0.3) is 22.3 Å². The van der Waals surface area contributed by atoms with Crippen molar-refractivity contribution in [2.75, 3.05) is 26.2 Å². The Morgan fingerprint density at radius 2 is 2.00 bits per heavy atom. The van der Waals surface area contributed by atoms with E-state index in [1.165, 1.54) is 10.9 Å². The summed E-state index contributed by atoms with van der Waals surface area (Å²) in [4.78, 5) is 14.9. The number of aromatic nitrogens is 2. The highest BCUT2D eigenvalue weighted by Gasteiger charge is 2.20. The van der Waals surface area contributed by atoms with Gasteiger partial charge in [0.2, 0.25) is 0 Å². The van der Waals surface area contributed by atoms with Crippen LogP contribution >= 0.6 is 0 Å². The largest absolute Gasteiger partial charge is 1.00 e. The van der Waals surface area contributed by atoms with Gasteiger partial charge in [0, 0.05) is 48.9 Å². The molecule has 1 aliphatic heterocycles. The Labute approximate surface area is 177 Å². The van der Waals surface area contributed by atoms with Gasteiger partial charge in [-0.3, -0.25) is 9.98 Å². The third-order valence-corrected chi connectivity index (χ3v) is 4.63. The van der Waals surface area contributed by atoms with Crippen LogP contribution in [0.4, 0.5) is 0 Å². The maximum absolute atomic E-state index is 9.29. The summed E-state index contributed by atoms with van der Waals surface area (Å²) in [5.74, 6) is 0.913. The molecular weight excluding hydrogens is 453 g/mol. The first-order chi connectivity index (χ1) is 12.9. The minimum atomic E-state index is 0. The summed E-state index contributed by atoms with van der Waals surface area (Å²) in [7, 11) is 0. The van der Waals surface area contributed by atoms with E-state index in [4.69, 9.17) is 0 Å². The van der Waals surface area contributed by atoms with Gasteiger partial charge in [-0.1, -0.05) is 24.3 Å². The van der Waals surface area contributed by atoms with E-state index in [-0.39, 0.29) is 32.0 Å². The third kappa shape index (κ3) is 4.24. The van der Waals surface area contributed by atoms with Crippen LogP contribution in [0, 0.1) is 0 Å². The van der Waals surface area contributed by atoms with Gasteiger partial charge in [-0.15, -0.1) is 0 Å². The Balaban J connectivity index is 0.00000140. The molecule has 3 N–H and O–H groups in total. The average Bonchev–Trinajstić information content (AvgIpc) is 3.34. The SMILES string of the molecule is OCCCN(Cc1c(-c2ccccn2)[nH]c2ccccc12)C1=NCCN1.[H+].[I-]. The molecule has 27 heavy (non-hydrogen) atoms. The summed E-state index contributed by atoms with van der Waals surface area (Å²) in [6.45, 7) is 3.30. The molecule has 0 saturated carbocycles. The van der Waals surface area contributed by atoms with E-state index in [1.807, 2.05) is 30.5 Å². The fourth-order valence-corrected chi connectivity index (χ4v) is 3.40. The number of hydrogen-bond acceptors (Lipinski definition) is 5. The van der Waals surface area contributed by atoms with E-state index in [0.717, 1.165) is 42.5 Å². The molecule has 1 aliphatic rings. The molecule has 0 bridgehead atoms. The van der Waals surface area contributed by atoms with Gasteiger partial charge in [0.25, 0.3) is 0 Å². The number of nitrogens with zero attached hydrogens (tertiary/aromatic N) is 3. The number of H-pyrrole nitrogens is 1. The van der Waals surface area contributed by atoms with Gasteiger partial charge in [0.05, 0.1) is 17.9 Å². The zero-order valence-corrected chi connectivity index (χ0v) is 17.2. The number of aliphatic hydroxyl groups excluding tert-OH is 1. The molecule has 2 aromatic heterocycles. The molecule has 0 radical (unpaired) electrons. The number of guanidine groups is 1. The van der Waals surface area contributed by atoms with Crippen LogP contribution in [-0.4, -0.2) is 52.2 Å². The summed E-state index contributed by atoms with van der Waals surface area (Å²) in [6, 6.07) is 14.3. The van der Waals surface area contributed by atoms with Crippen molar-refractivity contribution in [1.82, 2.24) is 20.2 Å². The molecule has 3 heterocycles. The van der Waals surface area contributed by atoms with E-state index in [1.54, 1.807) is 0 Å². The van der Waals surface area contributed by atoms with Crippen molar-refractivity contribution in [2.24, 2.45) is 4.99 Å². The summed E-state index contributed by atoms with van der Waals surface area (Å²) in [6.07, 6.45) is 2.53. The third-order valence-electron chi connectivity index (χ3n) is 4.63. The highest BCUT2D eigenvalue weighted by molar-refractivity contribution is 5.91. The van der Waals surface area contributed by atoms with Crippen LogP contribution in [0.2, 0.25) is 0 Å². The first-order valence-electron chi connectivity index (χ1n) is 9.02. The van der Waals surface area contributed by atoms with E-state index in [2.05, 4.69) is 43.4 Å². The zero-order valence-electron chi connectivity index (χ0n) is 16.0. The lowest BCUT2D eigenvalue weighted by molar-refractivity contribution is -0.00000658. The van der Waals surface area contributed by atoms with Crippen LogP contribution < -0.4 is 29.3 Å². The number of aromatic amines is 1. The second kappa shape index (κ2) is 9.18. The number of rotatable bonds is 6. The maximum Gasteiger partial charge on any atom is 1.00 e. The first kappa shape index (κ1) is 19.6. The van der Waals surface area contributed by atoms with E-state index in [9.17, 15) is 5.11 Å². The Bertz CT molecular complexity index is 915. The second-order valence-corrected chi connectivity index (χ2v) is 6.37. The lowest BCUT2D eigenvalue weighted by Crippen LogP contribution is -3.00. The van der Waals surface area contributed by atoms with E-state index in [0.29, 0.717) is 13.0 Å². The quantitative estimate of drug-likeness (QED) is 0.419. The fraction of sp³-hybridized carbons (Fsp3) is 0.300. The lowest BCUT2D eigenvalue weighted by Gasteiger charge is -2.24. The number of fused-ring (bicyclic) bond motifs is 1. The van der Waals surface area contributed by atoms with Crippen molar-refractivity contribution in [1.29, 1.82) is 0 Å². The van der Waals surface area contributed by atoms with Gasteiger partial charge in [0.1, 0.15) is 0 Å². The minimum absolute atomic E-state index is 0. The highest BCUT2D eigenvalue weighted by atomic mass is 127. The molecular formula is C20H24IN5O. The van der Waals surface area contributed by atoms with Crippen LogP contribution in [0.5, 0.6) is 0 Å². The topological polar surface area (TPSA) is 76.5 Å². The van der Waals surface area contributed by atoms with Crippen molar-refractivity contribution in [2.45, 2.75) is 13.0 Å². The van der Waals surface area contributed by atoms with Crippen molar-refractivity contribution in [3.05, 3.63) is 54.2 Å². The average molecular weight is 477 g/mol. The van der Waals surface area contributed by atoms with Gasteiger partial charge >= 0.3 is 1.43 Å². The number of para-hydroxylation sites is 1. The van der Waals surface area contributed by atoms with Gasteiger partial charge in [-0.2, -0.15) is 0 Å². The van der Waals surface area contributed by atoms with Gasteiger partial charge < -0.3 is 44.3 Å². The molecule has 0 aliphatic carbocycles. The zero-order chi connectivity index (χ0) is 17.8. The number of aliphatic hydroxyl groups is 1. The molecule has 0 amide bonds. The van der Waals surface area contributed by atoms with Crippen molar-refractivity contribution >= 4 is 16.9 Å². The van der Waals surface area contributed by atoms with Crippen molar-refractivity contribution in [3.63, 3.8) is 0 Å². The number of pyridine rings is 1.